The first-order chi connectivity index (χ1) is 12.2. The molecule has 0 aromatic carbocycles. The van der Waals surface area contributed by atoms with Gasteiger partial charge < -0.3 is 9.42 Å². The fourth-order valence-electron chi connectivity index (χ4n) is 3.77. The van der Waals surface area contributed by atoms with E-state index >= 15 is 0 Å². The van der Waals surface area contributed by atoms with Crippen molar-refractivity contribution in [1.82, 2.24) is 25.0 Å². The molecule has 2 aliphatic rings. The van der Waals surface area contributed by atoms with Crippen molar-refractivity contribution in [1.29, 1.82) is 0 Å². The topological polar surface area (TPSA) is 71.2 Å². The number of hydrogen-bond acceptors (Lipinski definition) is 7. The highest BCUT2D eigenvalue weighted by Gasteiger charge is 2.24. The Hall–Kier alpha value is -2.02. The second-order valence-corrected chi connectivity index (χ2v) is 6.95. The van der Waals surface area contributed by atoms with E-state index in [0.29, 0.717) is 0 Å². The largest absolute Gasteiger partial charge is 0.354 e. The maximum absolute atomic E-state index is 5.21. The zero-order valence-electron chi connectivity index (χ0n) is 15.2. The van der Waals surface area contributed by atoms with Gasteiger partial charge in [-0.05, 0) is 32.6 Å². The smallest absolute Gasteiger partial charge is 0.226 e. The summed E-state index contributed by atoms with van der Waals surface area (Å²) in [5, 5.41) is 4.07. The molecule has 0 spiro atoms. The molecule has 7 nitrogen and oxygen atoms in total. The van der Waals surface area contributed by atoms with Gasteiger partial charge in [-0.1, -0.05) is 12.1 Å². The van der Waals surface area contributed by atoms with Crippen molar-refractivity contribution >= 4 is 5.82 Å². The number of hydrogen-bond donors (Lipinski definition) is 0. The molecular weight excluding hydrogens is 316 g/mol. The predicted octanol–water partition coefficient (Wildman–Crippen LogP) is 1.93. The zero-order chi connectivity index (χ0) is 17.2. The summed E-state index contributed by atoms with van der Waals surface area (Å²) in [6, 6.07) is 0. The molecule has 0 bridgehead atoms. The van der Waals surface area contributed by atoms with Gasteiger partial charge in [0.25, 0.3) is 0 Å². The zero-order valence-corrected chi connectivity index (χ0v) is 15.2. The van der Waals surface area contributed by atoms with Crippen LogP contribution < -0.4 is 4.90 Å². The number of anilines is 1. The quantitative estimate of drug-likeness (QED) is 0.841. The van der Waals surface area contributed by atoms with Crippen LogP contribution in [0, 0.1) is 6.92 Å². The minimum atomic E-state index is 0.719. The molecule has 134 valence electrons. The Labute approximate surface area is 148 Å². The second-order valence-electron chi connectivity index (χ2n) is 6.95. The van der Waals surface area contributed by atoms with E-state index < -0.39 is 0 Å². The van der Waals surface area contributed by atoms with E-state index in [1.165, 1.54) is 29.9 Å². The molecule has 2 aromatic rings. The highest BCUT2D eigenvalue weighted by atomic mass is 16.5. The van der Waals surface area contributed by atoms with Crippen molar-refractivity contribution in [2.24, 2.45) is 0 Å². The van der Waals surface area contributed by atoms with Gasteiger partial charge in [0.15, 0.2) is 5.82 Å². The lowest BCUT2D eigenvalue weighted by Gasteiger charge is -2.36. The molecule has 0 radical (unpaired) electrons. The third-order valence-corrected chi connectivity index (χ3v) is 5.12. The van der Waals surface area contributed by atoms with Crippen LogP contribution in [0.2, 0.25) is 0 Å². The van der Waals surface area contributed by atoms with Gasteiger partial charge in [-0.3, -0.25) is 4.90 Å². The van der Waals surface area contributed by atoms with E-state index in [1.807, 2.05) is 13.8 Å². The van der Waals surface area contributed by atoms with Crippen LogP contribution >= 0.6 is 0 Å². The van der Waals surface area contributed by atoms with E-state index in [4.69, 9.17) is 9.51 Å². The van der Waals surface area contributed by atoms with Crippen molar-refractivity contribution in [3.63, 3.8) is 0 Å². The lowest BCUT2D eigenvalue weighted by atomic mass is 9.96. The highest BCUT2D eigenvalue weighted by Crippen LogP contribution is 2.28. The van der Waals surface area contributed by atoms with Gasteiger partial charge in [-0.2, -0.15) is 4.98 Å². The van der Waals surface area contributed by atoms with Crippen LogP contribution in [-0.4, -0.2) is 51.2 Å². The van der Waals surface area contributed by atoms with E-state index in [0.717, 1.165) is 69.5 Å². The molecule has 2 aromatic heterocycles. The Morgan fingerprint density at radius 3 is 2.56 bits per heavy atom. The lowest BCUT2D eigenvalue weighted by Crippen LogP contribution is -2.47. The molecule has 0 amide bonds. The maximum atomic E-state index is 5.21. The first-order valence-corrected chi connectivity index (χ1v) is 9.38. The summed E-state index contributed by atoms with van der Waals surface area (Å²) in [5.74, 6) is 3.59. The molecule has 0 atom stereocenters. The lowest BCUT2D eigenvalue weighted by molar-refractivity contribution is 0.239. The number of piperazine rings is 1. The molecule has 0 N–H and O–H groups in total. The summed E-state index contributed by atoms with van der Waals surface area (Å²) >= 11 is 0. The Morgan fingerprint density at radius 1 is 1.00 bits per heavy atom. The monoisotopic (exact) mass is 342 g/mol. The van der Waals surface area contributed by atoms with E-state index in [2.05, 4.69) is 24.9 Å². The van der Waals surface area contributed by atoms with E-state index in [1.54, 1.807) is 0 Å². The van der Waals surface area contributed by atoms with Crippen molar-refractivity contribution in [2.75, 3.05) is 31.1 Å². The van der Waals surface area contributed by atoms with Gasteiger partial charge >= 0.3 is 0 Å². The standard InChI is InChI=1S/C18H26N6O/c1-3-17-21-16(22-25-17)12-23-8-10-24(11-9-23)18-14-6-4-5-7-15(14)19-13(2)20-18/h3-12H2,1-2H3. The van der Waals surface area contributed by atoms with Crippen LogP contribution in [0.1, 0.15) is 48.6 Å². The molecule has 1 saturated heterocycles. The molecule has 7 heteroatoms. The SMILES string of the molecule is CCc1nc(CN2CCN(c3nc(C)nc4c3CCCC4)CC2)no1. The molecule has 0 unspecified atom stereocenters. The molecular formula is C18H26N6O. The Kier molecular flexibility index (Phi) is 4.65. The van der Waals surface area contributed by atoms with Crippen molar-refractivity contribution in [3.8, 4) is 0 Å². The normalized spacial score (nSPS) is 18.4. The molecule has 4 rings (SSSR count). The van der Waals surface area contributed by atoms with Crippen LogP contribution in [0.15, 0.2) is 4.52 Å². The minimum absolute atomic E-state index is 0.719. The van der Waals surface area contributed by atoms with Gasteiger partial charge in [0.05, 0.1) is 6.54 Å². The molecule has 1 aliphatic carbocycles. The number of aryl methyl sites for hydroxylation is 3. The van der Waals surface area contributed by atoms with Crippen molar-refractivity contribution in [3.05, 3.63) is 28.8 Å². The predicted molar refractivity (Wildman–Crippen MR) is 94.6 cm³/mol. The van der Waals surface area contributed by atoms with Crippen LogP contribution in [0.3, 0.4) is 0 Å². The maximum Gasteiger partial charge on any atom is 0.226 e. The first kappa shape index (κ1) is 16.4. The summed E-state index contributed by atoms with van der Waals surface area (Å²) in [5.41, 5.74) is 2.66. The molecule has 25 heavy (non-hydrogen) atoms. The van der Waals surface area contributed by atoms with Crippen molar-refractivity contribution < 1.29 is 4.52 Å². The van der Waals surface area contributed by atoms with E-state index in [-0.39, 0.29) is 0 Å². The van der Waals surface area contributed by atoms with Gasteiger partial charge in [0, 0.05) is 43.9 Å². The second kappa shape index (κ2) is 7.07. The van der Waals surface area contributed by atoms with E-state index in [9.17, 15) is 0 Å². The summed E-state index contributed by atoms with van der Waals surface area (Å²) < 4.78 is 5.21. The average molecular weight is 342 g/mol. The third-order valence-electron chi connectivity index (χ3n) is 5.12. The van der Waals surface area contributed by atoms with Crippen LogP contribution in [0.5, 0.6) is 0 Å². The summed E-state index contributed by atoms with van der Waals surface area (Å²) in [4.78, 5) is 18.7. The number of nitrogens with zero attached hydrogens (tertiary/aromatic N) is 6. The number of rotatable bonds is 4. The van der Waals surface area contributed by atoms with Gasteiger partial charge in [0.2, 0.25) is 5.89 Å². The third kappa shape index (κ3) is 3.51. The van der Waals surface area contributed by atoms with Crippen LogP contribution in [-0.2, 0) is 25.8 Å². The van der Waals surface area contributed by atoms with Gasteiger partial charge in [0.1, 0.15) is 11.6 Å². The molecule has 3 heterocycles. The van der Waals surface area contributed by atoms with Gasteiger partial charge in [-0.15, -0.1) is 0 Å². The Bertz CT molecular complexity index is 735. The summed E-state index contributed by atoms with van der Waals surface area (Å²) in [7, 11) is 0. The Morgan fingerprint density at radius 2 is 1.80 bits per heavy atom. The molecule has 0 saturated carbocycles. The highest BCUT2D eigenvalue weighted by molar-refractivity contribution is 5.50. The Balaban J connectivity index is 1.43. The summed E-state index contributed by atoms with van der Waals surface area (Å²) in [6.45, 7) is 8.76. The number of aromatic nitrogens is 4. The minimum Gasteiger partial charge on any atom is -0.354 e. The van der Waals surface area contributed by atoms with Crippen LogP contribution in [0.25, 0.3) is 0 Å². The molecule has 1 fully saturated rings. The number of fused-ring (bicyclic) bond motifs is 1. The van der Waals surface area contributed by atoms with Gasteiger partial charge in [-0.25, -0.2) is 9.97 Å². The fourth-order valence-corrected chi connectivity index (χ4v) is 3.77. The average Bonchev–Trinajstić information content (AvgIpc) is 3.09. The van der Waals surface area contributed by atoms with Crippen LogP contribution in [0.4, 0.5) is 5.82 Å². The molecule has 1 aliphatic heterocycles. The van der Waals surface area contributed by atoms with Crippen molar-refractivity contribution in [2.45, 2.75) is 52.5 Å². The summed E-state index contributed by atoms with van der Waals surface area (Å²) in [6.07, 6.45) is 5.51. The first-order valence-electron chi connectivity index (χ1n) is 9.38. The fraction of sp³-hybridized carbons (Fsp3) is 0.667.